The Morgan fingerprint density at radius 2 is 1.92 bits per heavy atom. The summed E-state index contributed by atoms with van der Waals surface area (Å²) in [5.74, 6) is 0.321. The SMILES string of the molecule is O=C(C1CCCCC1)N1CCC(NS(=O)(=O)c2cccc(Cl)c2)C1. The van der Waals surface area contributed by atoms with Crippen LogP contribution in [0.15, 0.2) is 29.2 Å². The zero-order valence-electron chi connectivity index (χ0n) is 13.6. The second-order valence-corrected chi connectivity index (χ2v) is 8.83. The van der Waals surface area contributed by atoms with E-state index < -0.39 is 10.0 Å². The van der Waals surface area contributed by atoms with Crippen molar-refractivity contribution in [3.05, 3.63) is 29.3 Å². The number of nitrogens with zero attached hydrogens (tertiary/aromatic N) is 1. The third-order valence-electron chi connectivity index (χ3n) is 4.88. The smallest absolute Gasteiger partial charge is 0.240 e. The zero-order valence-corrected chi connectivity index (χ0v) is 15.2. The number of carbonyl (C=O) groups excluding carboxylic acids is 1. The van der Waals surface area contributed by atoms with E-state index in [1.807, 2.05) is 4.90 Å². The molecule has 1 aliphatic heterocycles. The second kappa shape index (κ2) is 7.42. The molecule has 0 radical (unpaired) electrons. The van der Waals surface area contributed by atoms with Crippen LogP contribution in [0.5, 0.6) is 0 Å². The highest BCUT2D eigenvalue weighted by Crippen LogP contribution is 2.27. The number of likely N-dealkylation sites (tertiary alicyclic amines) is 1. The summed E-state index contributed by atoms with van der Waals surface area (Å²) in [6, 6.07) is 5.98. The molecule has 0 spiro atoms. The molecular formula is C17H23ClN2O3S. The second-order valence-electron chi connectivity index (χ2n) is 6.68. The highest BCUT2D eigenvalue weighted by Gasteiger charge is 2.33. The van der Waals surface area contributed by atoms with Gasteiger partial charge in [0.25, 0.3) is 0 Å². The molecule has 5 nitrogen and oxygen atoms in total. The Bertz CT molecular complexity index is 702. The van der Waals surface area contributed by atoms with Gasteiger partial charge in [-0.1, -0.05) is 36.9 Å². The largest absolute Gasteiger partial charge is 0.341 e. The number of halogens is 1. The Morgan fingerprint density at radius 3 is 2.62 bits per heavy atom. The maximum Gasteiger partial charge on any atom is 0.240 e. The maximum absolute atomic E-state index is 12.6. The molecule has 1 amide bonds. The van der Waals surface area contributed by atoms with Gasteiger partial charge in [0, 0.05) is 30.1 Å². The highest BCUT2D eigenvalue weighted by molar-refractivity contribution is 7.89. The lowest BCUT2D eigenvalue weighted by molar-refractivity contribution is -0.135. The molecule has 1 aromatic rings. The molecule has 1 heterocycles. The number of rotatable bonds is 4. The first-order valence-electron chi connectivity index (χ1n) is 8.52. The lowest BCUT2D eigenvalue weighted by atomic mass is 9.88. The van der Waals surface area contributed by atoms with Crippen LogP contribution in [0.2, 0.25) is 5.02 Å². The molecule has 1 atom stereocenters. The van der Waals surface area contributed by atoms with Gasteiger partial charge in [-0.25, -0.2) is 13.1 Å². The van der Waals surface area contributed by atoms with Crippen molar-refractivity contribution >= 4 is 27.5 Å². The maximum atomic E-state index is 12.6. The van der Waals surface area contributed by atoms with Gasteiger partial charge < -0.3 is 4.90 Å². The van der Waals surface area contributed by atoms with Crippen molar-refractivity contribution in [2.24, 2.45) is 5.92 Å². The van der Waals surface area contributed by atoms with E-state index in [1.165, 1.54) is 18.6 Å². The molecule has 1 aromatic carbocycles. The van der Waals surface area contributed by atoms with Crippen molar-refractivity contribution in [2.45, 2.75) is 49.5 Å². The average molecular weight is 371 g/mol. The predicted molar refractivity (Wildman–Crippen MR) is 93.3 cm³/mol. The first kappa shape index (κ1) is 17.7. The van der Waals surface area contributed by atoms with Crippen molar-refractivity contribution < 1.29 is 13.2 Å². The highest BCUT2D eigenvalue weighted by atomic mass is 35.5. The van der Waals surface area contributed by atoms with E-state index in [1.54, 1.807) is 12.1 Å². The van der Waals surface area contributed by atoms with Crippen LogP contribution in [0.25, 0.3) is 0 Å². The van der Waals surface area contributed by atoms with Crippen LogP contribution in [-0.2, 0) is 14.8 Å². The molecule has 1 N–H and O–H groups in total. The molecule has 24 heavy (non-hydrogen) atoms. The Hall–Kier alpha value is -1.11. The van der Waals surface area contributed by atoms with Gasteiger partial charge >= 0.3 is 0 Å². The summed E-state index contributed by atoms with van der Waals surface area (Å²) in [6.07, 6.45) is 6.04. The first-order chi connectivity index (χ1) is 11.5. The number of carbonyl (C=O) groups is 1. The molecule has 7 heteroatoms. The van der Waals surface area contributed by atoms with Gasteiger partial charge in [-0.15, -0.1) is 0 Å². The third-order valence-corrected chi connectivity index (χ3v) is 6.64. The summed E-state index contributed by atoms with van der Waals surface area (Å²) >= 11 is 5.87. The number of benzene rings is 1. The zero-order chi connectivity index (χ0) is 17.2. The van der Waals surface area contributed by atoms with Crippen molar-refractivity contribution in [3.8, 4) is 0 Å². The lowest BCUT2D eigenvalue weighted by Crippen LogP contribution is -2.40. The monoisotopic (exact) mass is 370 g/mol. The van der Waals surface area contributed by atoms with Gasteiger partial charge in [-0.2, -0.15) is 0 Å². The molecule has 0 bridgehead atoms. The van der Waals surface area contributed by atoms with Gasteiger partial charge in [0.2, 0.25) is 15.9 Å². The standard InChI is InChI=1S/C17H23ClN2O3S/c18-14-7-4-8-16(11-14)24(22,23)19-15-9-10-20(12-15)17(21)13-5-2-1-3-6-13/h4,7-8,11,13,15,19H,1-3,5-6,9-10,12H2. The molecule has 1 unspecified atom stereocenters. The third kappa shape index (κ3) is 4.10. The van der Waals surface area contributed by atoms with E-state index in [-0.39, 0.29) is 22.8 Å². The number of hydrogen-bond donors (Lipinski definition) is 1. The topological polar surface area (TPSA) is 66.5 Å². The summed E-state index contributed by atoms with van der Waals surface area (Å²) in [7, 11) is -3.61. The summed E-state index contributed by atoms with van der Waals surface area (Å²) in [6.45, 7) is 1.08. The number of sulfonamides is 1. The molecule has 2 aliphatic rings. The van der Waals surface area contributed by atoms with E-state index in [0.29, 0.717) is 24.5 Å². The fraction of sp³-hybridized carbons (Fsp3) is 0.588. The van der Waals surface area contributed by atoms with Crippen molar-refractivity contribution in [1.82, 2.24) is 9.62 Å². The predicted octanol–water partition coefficient (Wildman–Crippen LogP) is 2.80. The number of amides is 1. The van der Waals surface area contributed by atoms with Crippen LogP contribution in [0.3, 0.4) is 0 Å². The Kier molecular flexibility index (Phi) is 5.47. The minimum atomic E-state index is -3.61. The van der Waals surface area contributed by atoms with Gasteiger partial charge in [0.15, 0.2) is 0 Å². The van der Waals surface area contributed by atoms with Gasteiger partial charge in [-0.3, -0.25) is 4.79 Å². The molecule has 0 aromatic heterocycles. The minimum absolute atomic E-state index is 0.127. The molecule has 2 fully saturated rings. The van der Waals surface area contributed by atoms with Crippen LogP contribution in [-0.4, -0.2) is 38.4 Å². The van der Waals surface area contributed by atoms with Crippen molar-refractivity contribution in [2.75, 3.05) is 13.1 Å². The molecule has 1 aliphatic carbocycles. The van der Waals surface area contributed by atoms with Crippen molar-refractivity contribution in [3.63, 3.8) is 0 Å². The van der Waals surface area contributed by atoms with E-state index in [2.05, 4.69) is 4.72 Å². The Morgan fingerprint density at radius 1 is 1.17 bits per heavy atom. The van der Waals surface area contributed by atoms with Gasteiger partial charge in [0.1, 0.15) is 0 Å². The van der Waals surface area contributed by atoms with Crippen LogP contribution >= 0.6 is 11.6 Å². The summed E-state index contributed by atoms with van der Waals surface area (Å²) < 4.78 is 27.6. The lowest BCUT2D eigenvalue weighted by Gasteiger charge is -2.26. The fourth-order valence-electron chi connectivity index (χ4n) is 3.59. The van der Waals surface area contributed by atoms with E-state index in [9.17, 15) is 13.2 Å². The number of nitrogens with one attached hydrogen (secondary N) is 1. The first-order valence-corrected chi connectivity index (χ1v) is 10.4. The quantitative estimate of drug-likeness (QED) is 0.886. The molecule has 3 rings (SSSR count). The molecule has 132 valence electrons. The molecule has 1 saturated heterocycles. The van der Waals surface area contributed by atoms with Crippen LogP contribution < -0.4 is 4.72 Å². The fourth-order valence-corrected chi connectivity index (χ4v) is 5.15. The Balaban J connectivity index is 1.60. The van der Waals surface area contributed by atoms with E-state index >= 15 is 0 Å². The summed E-state index contributed by atoms with van der Waals surface area (Å²) in [4.78, 5) is 14.5. The Labute approximate surface area is 148 Å². The van der Waals surface area contributed by atoms with Gasteiger partial charge in [0.05, 0.1) is 4.90 Å². The average Bonchev–Trinajstić information content (AvgIpc) is 3.03. The molecule has 1 saturated carbocycles. The van der Waals surface area contributed by atoms with Gasteiger partial charge in [-0.05, 0) is 37.5 Å². The van der Waals surface area contributed by atoms with Crippen molar-refractivity contribution in [1.29, 1.82) is 0 Å². The van der Waals surface area contributed by atoms with Crippen LogP contribution in [0.1, 0.15) is 38.5 Å². The normalized spacial score (nSPS) is 22.7. The molecular weight excluding hydrogens is 348 g/mol. The van der Waals surface area contributed by atoms with E-state index in [4.69, 9.17) is 11.6 Å². The minimum Gasteiger partial charge on any atom is -0.341 e. The summed E-state index contributed by atoms with van der Waals surface area (Å²) in [5, 5.41) is 0.387. The van der Waals surface area contributed by atoms with E-state index in [0.717, 1.165) is 25.7 Å². The number of hydrogen-bond acceptors (Lipinski definition) is 3. The summed E-state index contributed by atoms with van der Waals surface area (Å²) in [5.41, 5.74) is 0. The van der Waals surface area contributed by atoms with Crippen LogP contribution in [0.4, 0.5) is 0 Å². The van der Waals surface area contributed by atoms with Crippen LogP contribution in [0, 0.1) is 5.92 Å².